The molecule has 0 aromatic rings. The van der Waals surface area contributed by atoms with E-state index in [0.717, 1.165) is 12.7 Å². The smallest absolute Gasteiger partial charge is 0.230 e. The van der Waals surface area contributed by atoms with Gasteiger partial charge in [0.2, 0.25) is 11.8 Å². The van der Waals surface area contributed by atoms with Crippen LogP contribution in [0, 0.1) is 11.8 Å². The van der Waals surface area contributed by atoms with E-state index in [1.54, 1.807) is 0 Å². The number of rotatable bonds is 4. The summed E-state index contributed by atoms with van der Waals surface area (Å²) in [6, 6.07) is 0. The van der Waals surface area contributed by atoms with Crippen molar-refractivity contribution in [3.8, 4) is 0 Å². The number of hydrogen-bond donors (Lipinski definition) is 1. The largest absolute Gasteiger partial charge is 0.303 e. The maximum atomic E-state index is 11.2. The molecule has 1 saturated heterocycles. The number of imide groups is 1. The molecule has 4 heteroatoms. The van der Waals surface area contributed by atoms with Crippen LogP contribution in [0.4, 0.5) is 0 Å². The summed E-state index contributed by atoms with van der Waals surface area (Å²) >= 11 is 0. The average molecular weight is 183 g/mol. The predicted octanol–water partition coefficient (Wildman–Crippen LogP) is 0.264. The van der Waals surface area contributed by atoms with E-state index in [1.807, 2.05) is 6.92 Å². The van der Waals surface area contributed by atoms with Crippen molar-refractivity contribution in [1.82, 2.24) is 5.32 Å². The number of nitrogens with one attached hydrogen (secondary N) is 1. The van der Waals surface area contributed by atoms with Crippen molar-refractivity contribution in [2.24, 2.45) is 11.8 Å². The molecule has 0 saturated carbocycles. The lowest BCUT2D eigenvalue weighted by Crippen LogP contribution is -2.26. The lowest BCUT2D eigenvalue weighted by Gasteiger charge is -2.12. The summed E-state index contributed by atoms with van der Waals surface area (Å²) < 4.78 is 0. The molecule has 1 rings (SSSR count). The van der Waals surface area contributed by atoms with Gasteiger partial charge in [-0.3, -0.25) is 14.9 Å². The van der Waals surface area contributed by atoms with Crippen LogP contribution in [0.2, 0.25) is 0 Å². The van der Waals surface area contributed by atoms with Gasteiger partial charge in [-0.25, -0.2) is 0 Å². The maximum Gasteiger partial charge on any atom is 0.230 e. The van der Waals surface area contributed by atoms with Crippen LogP contribution in [0.15, 0.2) is 0 Å². The minimum atomic E-state index is -0.426. The molecule has 0 aliphatic carbocycles. The maximum absolute atomic E-state index is 11.2. The van der Waals surface area contributed by atoms with Crippen molar-refractivity contribution in [2.45, 2.75) is 26.2 Å². The second kappa shape index (κ2) is 4.16. The fraction of sp³-hybridized carbons (Fsp3) is 0.667. The van der Waals surface area contributed by atoms with E-state index in [9.17, 15) is 14.4 Å². The van der Waals surface area contributed by atoms with E-state index in [1.165, 1.54) is 0 Å². The molecule has 13 heavy (non-hydrogen) atoms. The highest BCUT2D eigenvalue weighted by Crippen LogP contribution is 2.23. The Morgan fingerprint density at radius 1 is 1.62 bits per heavy atom. The Hall–Kier alpha value is -1.19. The molecule has 0 aromatic heterocycles. The third-order valence-corrected chi connectivity index (χ3v) is 2.32. The summed E-state index contributed by atoms with van der Waals surface area (Å²) in [4.78, 5) is 32.7. The van der Waals surface area contributed by atoms with Gasteiger partial charge in [0.15, 0.2) is 0 Å². The lowest BCUT2D eigenvalue weighted by molar-refractivity contribution is -0.128. The van der Waals surface area contributed by atoms with Gasteiger partial charge in [-0.2, -0.15) is 0 Å². The zero-order valence-electron chi connectivity index (χ0n) is 7.58. The molecule has 2 amide bonds. The fourth-order valence-electron chi connectivity index (χ4n) is 1.62. The van der Waals surface area contributed by atoms with Crippen molar-refractivity contribution in [3.63, 3.8) is 0 Å². The molecule has 0 radical (unpaired) electrons. The highest BCUT2D eigenvalue weighted by molar-refractivity contribution is 6.04. The summed E-state index contributed by atoms with van der Waals surface area (Å²) in [5.41, 5.74) is 0. The van der Waals surface area contributed by atoms with E-state index < -0.39 is 5.92 Å². The van der Waals surface area contributed by atoms with Crippen LogP contribution in [0.25, 0.3) is 0 Å². The molecule has 1 unspecified atom stereocenters. The molecule has 1 N–H and O–H groups in total. The van der Waals surface area contributed by atoms with Crippen molar-refractivity contribution in [1.29, 1.82) is 0 Å². The zero-order chi connectivity index (χ0) is 9.84. The van der Waals surface area contributed by atoms with Gasteiger partial charge in [0.1, 0.15) is 6.29 Å². The summed E-state index contributed by atoms with van der Waals surface area (Å²) in [5.74, 6) is -1.28. The Labute approximate surface area is 76.7 Å². The number of hydrogen-bond acceptors (Lipinski definition) is 3. The lowest BCUT2D eigenvalue weighted by atomic mass is 9.88. The van der Waals surface area contributed by atoms with Crippen LogP contribution >= 0.6 is 0 Å². The monoisotopic (exact) mass is 183 g/mol. The Balaban J connectivity index is 2.63. The summed E-state index contributed by atoms with van der Waals surface area (Å²) in [6.07, 6.45) is 2.48. The van der Waals surface area contributed by atoms with Gasteiger partial charge < -0.3 is 4.79 Å². The van der Waals surface area contributed by atoms with E-state index in [4.69, 9.17) is 0 Å². The van der Waals surface area contributed by atoms with E-state index in [2.05, 4.69) is 5.32 Å². The van der Waals surface area contributed by atoms with E-state index in [-0.39, 0.29) is 24.2 Å². The first-order valence-corrected chi connectivity index (χ1v) is 4.48. The van der Waals surface area contributed by atoms with Crippen LogP contribution in [0.1, 0.15) is 26.2 Å². The van der Waals surface area contributed by atoms with Gasteiger partial charge in [0, 0.05) is 12.3 Å². The Morgan fingerprint density at radius 3 is 2.69 bits per heavy atom. The van der Waals surface area contributed by atoms with Gasteiger partial charge in [-0.05, 0) is 6.42 Å². The minimum Gasteiger partial charge on any atom is -0.303 e. The minimum absolute atomic E-state index is 0.169. The molecule has 72 valence electrons. The summed E-state index contributed by atoms with van der Waals surface area (Å²) in [7, 11) is 0. The molecular weight excluding hydrogens is 170 g/mol. The quantitative estimate of drug-likeness (QED) is 0.502. The molecule has 0 bridgehead atoms. The van der Waals surface area contributed by atoms with Gasteiger partial charge in [0.25, 0.3) is 0 Å². The fourth-order valence-corrected chi connectivity index (χ4v) is 1.62. The van der Waals surface area contributed by atoms with Crippen LogP contribution < -0.4 is 5.32 Å². The first-order chi connectivity index (χ1) is 6.19. The third kappa shape index (κ3) is 2.14. The Morgan fingerprint density at radius 2 is 2.31 bits per heavy atom. The van der Waals surface area contributed by atoms with Crippen molar-refractivity contribution in [3.05, 3.63) is 0 Å². The number of aldehydes is 1. The first-order valence-electron chi connectivity index (χ1n) is 4.48. The topological polar surface area (TPSA) is 63.2 Å². The standard InChI is InChI=1S/C9H13NO3/c1-2-3-6(5-11)7-4-8(12)10-9(7)13/h5-7H,2-4H2,1H3,(H,10,12,13)/t6-,7?/m1/s1. The van der Waals surface area contributed by atoms with Gasteiger partial charge in [-0.1, -0.05) is 13.3 Å². The second-order valence-electron chi connectivity index (χ2n) is 3.31. The van der Waals surface area contributed by atoms with Crippen LogP contribution in [0.5, 0.6) is 0 Å². The molecule has 4 nitrogen and oxygen atoms in total. The summed E-state index contributed by atoms with van der Waals surface area (Å²) in [5, 5.41) is 2.20. The van der Waals surface area contributed by atoms with Crippen LogP contribution in [0.3, 0.4) is 0 Å². The molecule has 1 heterocycles. The van der Waals surface area contributed by atoms with Crippen molar-refractivity contribution >= 4 is 18.1 Å². The summed E-state index contributed by atoms with van der Waals surface area (Å²) in [6.45, 7) is 1.95. The van der Waals surface area contributed by atoms with Gasteiger partial charge >= 0.3 is 0 Å². The number of amides is 2. The van der Waals surface area contributed by atoms with E-state index in [0.29, 0.717) is 6.42 Å². The van der Waals surface area contributed by atoms with Crippen LogP contribution in [-0.4, -0.2) is 18.1 Å². The second-order valence-corrected chi connectivity index (χ2v) is 3.31. The molecule has 0 spiro atoms. The van der Waals surface area contributed by atoms with Gasteiger partial charge in [0.05, 0.1) is 5.92 Å². The zero-order valence-corrected chi connectivity index (χ0v) is 7.58. The normalized spacial score (nSPS) is 24.2. The van der Waals surface area contributed by atoms with E-state index >= 15 is 0 Å². The average Bonchev–Trinajstić information content (AvgIpc) is 2.41. The first kappa shape index (κ1) is 9.89. The highest BCUT2D eigenvalue weighted by Gasteiger charge is 2.35. The van der Waals surface area contributed by atoms with Crippen LogP contribution in [-0.2, 0) is 14.4 Å². The number of carbonyl (C=O) groups is 3. The molecular formula is C9H13NO3. The Kier molecular flexibility index (Phi) is 3.17. The van der Waals surface area contributed by atoms with Crippen molar-refractivity contribution in [2.75, 3.05) is 0 Å². The molecule has 2 atom stereocenters. The highest BCUT2D eigenvalue weighted by atomic mass is 16.2. The Bertz CT molecular complexity index is 237. The van der Waals surface area contributed by atoms with Crippen molar-refractivity contribution < 1.29 is 14.4 Å². The number of carbonyl (C=O) groups excluding carboxylic acids is 3. The molecule has 1 fully saturated rings. The SMILES string of the molecule is CCC[C@H](C=O)C1CC(=O)NC1=O. The van der Waals surface area contributed by atoms with Gasteiger partial charge in [-0.15, -0.1) is 0 Å². The third-order valence-electron chi connectivity index (χ3n) is 2.32. The molecule has 1 aliphatic rings. The molecule has 0 aromatic carbocycles. The molecule has 1 aliphatic heterocycles. The predicted molar refractivity (Wildman–Crippen MR) is 45.7 cm³/mol.